The molecule has 0 spiro atoms. The van der Waals surface area contributed by atoms with Crippen molar-refractivity contribution in [2.45, 2.75) is 45.3 Å². The fraction of sp³-hybridized carbons (Fsp3) is 0.909. The fourth-order valence-electron chi connectivity index (χ4n) is 1.15. The molecule has 0 heterocycles. The summed E-state index contributed by atoms with van der Waals surface area (Å²) in [6.45, 7) is 4.49. The minimum absolute atomic E-state index is 0.0217. The van der Waals surface area contributed by atoms with E-state index in [9.17, 15) is 9.90 Å². The minimum atomic E-state index is -0.556. The highest BCUT2D eigenvalue weighted by Crippen LogP contribution is 2.02. The number of carbonyl (C=O) groups excluding carboxylic acids is 1. The monoisotopic (exact) mass is 218 g/mol. The van der Waals surface area contributed by atoms with Gasteiger partial charge in [0, 0.05) is 20.0 Å². The predicted octanol–water partition coefficient (Wildman–Crippen LogP) is 1.16. The van der Waals surface area contributed by atoms with E-state index in [0.717, 1.165) is 0 Å². The summed E-state index contributed by atoms with van der Waals surface area (Å²) in [4.78, 5) is 11.0. The van der Waals surface area contributed by atoms with Crippen LogP contribution in [0.4, 0.5) is 0 Å². The molecule has 15 heavy (non-hydrogen) atoms. The first-order chi connectivity index (χ1) is 7.10. The van der Waals surface area contributed by atoms with Crippen molar-refractivity contribution in [3.8, 4) is 0 Å². The molecule has 90 valence electrons. The van der Waals surface area contributed by atoms with Crippen molar-refractivity contribution in [2.24, 2.45) is 0 Å². The Morgan fingerprint density at radius 1 is 1.40 bits per heavy atom. The van der Waals surface area contributed by atoms with E-state index in [1.165, 1.54) is 0 Å². The number of Topliss-reactive ketones (excluding diaryl/α,β-unsaturated/α-hetero) is 1. The second-order valence-corrected chi connectivity index (χ2v) is 3.68. The van der Waals surface area contributed by atoms with E-state index in [4.69, 9.17) is 9.47 Å². The number of hydrogen-bond donors (Lipinski definition) is 1. The first kappa shape index (κ1) is 14.6. The molecule has 0 aliphatic rings. The van der Waals surface area contributed by atoms with Crippen molar-refractivity contribution in [1.29, 1.82) is 0 Å². The van der Waals surface area contributed by atoms with E-state index >= 15 is 0 Å². The third-order valence-corrected chi connectivity index (χ3v) is 2.13. The molecule has 1 N–H and O–H groups in total. The molecular formula is C11H22O4. The summed E-state index contributed by atoms with van der Waals surface area (Å²) in [7, 11) is 1.61. The Hall–Kier alpha value is -0.450. The fourth-order valence-corrected chi connectivity index (χ4v) is 1.15. The van der Waals surface area contributed by atoms with Crippen molar-refractivity contribution in [3.05, 3.63) is 0 Å². The van der Waals surface area contributed by atoms with Gasteiger partial charge in [0.15, 0.2) is 0 Å². The van der Waals surface area contributed by atoms with Crippen LogP contribution in [0.2, 0.25) is 0 Å². The average Bonchev–Trinajstić information content (AvgIpc) is 2.23. The van der Waals surface area contributed by atoms with Crippen LogP contribution >= 0.6 is 0 Å². The lowest BCUT2D eigenvalue weighted by Crippen LogP contribution is -2.23. The largest absolute Gasteiger partial charge is 0.391 e. The quantitative estimate of drug-likeness (QED) is 0.631. The van der Waals surface area contributed by atoms with Crippen LogP contribution in [0.1, 0.15) is 33.1 Å². The zero-order valence-electron chi connectivity index (χ0n) is 9.86. The molecule has 0 rings (SSSR count). The van der Waals surface area contributed by atoms with Crippen molar-refractivity contribution < 1.29 is 19.4 Å². The Balaban J connectivity index is 3.48. The summed E-state index contributed by atoms with van der Waals surface area (Å²) in [5.74, 6) is 0.180. The Morgan fingerprint density at radius 2 is 2.07 bits per heavy atom. The average molecular weight is 218 g/mol. The molecule has 0 radical (unpaired) electrons. The molecule has 0 aliphatic carbocycles. The molecule has 0 saturated carbocycles. The summed E-state index contributed by atoms with van der Waals surface area (Å²) >= 11 is 0. The maximum absolute atomic E-state index is 11.0. The molecule has 4 nitrogen and oxygen atoms in total. The van der Waals surface area contributed by atoms with Crippen LogP contribution in [0.5, 0.6) is 0 Å². The molecule has 0 aliphatic heterocycles. The number of hydrogen-bond acceptors (Lipinski definition) is 4. The number of methoxy groups -OCH3 is 1. The highest BCUT2D eigenvalue weighted by atomic mass is 16.5. The number of rotatable bonds is 9. The van der Waals surface area contributed by atoms with E-state index in [2.05, 4.69) is 0 Å². The Labute approximate surface area is 91.6 Å². The number of ether oxygens (including phenoxy) is 2. The molecule has 0 fully saturated rings. The normalized spacial score (nSPS) is 14.9. The maximum atomic E-state index is 11.0. The molecule has 0 aromatic heterocycles. The summed E-state index contributed by atoms with van der Waals surface area (Å²) < 4.78 is 10.2. The van der Waals surface area contributed by atoms with Crippen molar-refractivity contribution >= 4 is 5.78 Å². The predicted molar refractivity (Wildman–Crippen MR) is 57.8 cm³/mol. The second-order valence-electron chi connectivity index (χ2n) is 3.68. The Morgan fingerprint density at radius 3 is 2.60 bits per heavy atom. The highest BCUT2D eigenvalue weighted by Gasteiger charge is 2.09. The maximum Gasteiger partial charge on any atom is 0.132 e. The lowest BCUT2D eigenvalue weighted by Gasteiger charge is -2.15. The molecule has 2 unspecified atom stereocenters. The topological polar surface area (TPSA) is 55.8 Å². The van der Waals surface area contributed by atoms with Gasteiger partial charge in [-0.2, -0.15) is 0 Å². The van der Waals surface area contributed by atoms with Gasteiger partial charge < -0.3 is 14.6 Å². The highest BCUT2D eigenvalue weighted by molar-refractivity contribution is 5.77. The molecule has 0 bridgehead atoms. The van der Waals surface area contributed by atoms with E-state index in [1.54, 1.807) is 7.11 Å². The third kappa shape index (κ3) is 8.54. The first-order valence-corrected chi connectivity index (χ1v) is 5.40. The van der Waals surface area contributed by atoms with E-state index in [0.29, 0.717) is 25.9 Å². The van der Waals surface area contributed by atoms with E-state index in [1.807, 2.05) is 13.8 Å². The van der Waals surface area contributed by atoms with Crippen LogP contribution in [-0.4, -0.2) is 43.4 Å². The first-order valence-electron chi connectivity index (χ1n) is 5.40. The van der Waals surface area contributed by atoms with Crippen LogP contribution in [0.15, 0.2) is 0 Å². The summed E-state index contributed by atoms with van der Waals surface area (Å²) in [6, 6.07) is 0. The van der Waals surface area contributed by atoms with Crippen molar-refractivity contribution in [3.63, 3.8) is 0 Å². The lowest BCUT2D eigenvalue weighted by atomic mass is 10.1. The zero-order chi connectivity index (χ0) is 11.7. The molecule has 0 saturated heterocycles. The van der Waals surface area contributed by atoms with Crippen molar-refractivity contribution in [1.82, 2.24) is 0 Å². The number of aliphatic hydroxyl groups is 1. The van der Waals surface area contributed by atoms with Gasteiger partial charge in [-0.15, -0.1) is 0 Å². The van der Waals surface area contributed by atoms with Crippen LogP contribution in [0, 0.1) is 0 Å². The molecule has 0 amide bonds. The number of carbonyl (C=O) groups is 1. The van der Waals surface area contributed by atoms with Crippen LogP contribution in [-0.2, 0) is 14.3 Å². The van der Waals surface area contributed by atoms with Crippen molar-refractivity contribution in [2.75, 3.05) is 20.3 Å². The molecule has 2 atom stereocenters. The van der Waals surface area contributed by atoms with Gasteiger partial charge in [-0.3, -0.25) is 4.79 Å². The minimum Gasteiger partial charge on any atom is -0.391 e. The van der Waals surface area contributed by atoms with E-state index in [-0.39, 0.29) is 18.5 Å². The van der Waals surface area contributed by atoms with Gasteiger partial charge in [-0.25, -0.2) is 0 Å². The van der Waals surface area contributed by atoms with Gasteiger partial charge >= 0.3 is 0 Å². The zero-order valence-corrected chi connectivity index (χ0v) is 9.86. The van der Waals surface area contributed by atoms with E-state index < -0.39 is 6.10 Å². The second kappa shape index (κ2) is 8.83. The third-order valence-electron chi connectivity index (χ3n) is 2.13. The Bertz CT molecular complexity index is 170. The number of aliphatic hydroxyl groups excluding tert-OH is 1. The summed E-state index contributed by atoms with van der Waals surface area (Å²) in [5, 5.41) is 9.49. The van der Waals surface area contributed by atoms with Gasteiger partial charge in [0.25, 0.3) is 0 Å². The molecule has 4 heteroatoms. The smallest absolute Gasteiger partial charge is 0.132 e. The molecule has 0 aromatic rings. The standard InChI is InChI=1S/C11H22O4/c1-4-10(12)5-6-11(13)8-15-9(2)7-14-3/h9,11,13H,4-8H2,1-3H3. The number of ketones is 1. The van der Waals surface area contributed by atoms with Gasteiger partial charge in [-0.1, -0.05) is 6.92 Å². The summed E-state index contributed by atoms with van der Waals surface area (Å²) in [5.41, 5.74) is 0. The molecule has 0 aromatic carbocycles. The van der Waals surface area contributed by atoms with Crippen LogP contribution in [0.25, 0.3) is 0 Å². The van der Waals surface area contributed by atoms with Crippen LogP contribution in [0.3, 0.4) is 0 Å². The Kier molecular flexibility index (Phi) is 8.56. The molecular weight excluding hydrogens is 196 g/mol. The lowest BCUT2D eigenvalue weighted by molar-refractivity contribution is -0.119. The van der Waals surface area contributed by atoms with Gasteiger partial charge in [0.1, 0.15) is 5.78 Å². The van der Waals surface area contributed by atoms with Crippen LogP contribution < -0.4 is 0 Å². The van der Waals surface area contributed by atoms with Gasteiger partial charge in [0.05, 0.1) is 25.4 Å². The van der Waals surface area contributed by atoms with Gasteiger partial charge in [-0.05, 0) is 13.3 Å². The summed E-state index contributed by atoms with van der Waals surface area (Å²) in [6.07, 6.45) is 0.867. The SMILES string of the molecule is CCC(=O)CCC(O)COC(C)COC. The van der Waals surface area contributed by atoms with Gasteiger partial charge in [0.2, 0.25) is 0 Å².